The Bertz CT molecular complexity index is 1470. The zero-order valence-electron chi connectivity index (χ0n) is 18.9. The molecule has 2 aliphatic rings. The van der Waals surface area contributed by atoms with E-state index in [2.05, 4.69) is 6.07 Å². The molecule has 0 unspecified atom stereocenters. The molecule has 5 rings (SSSR count). The zero-order chi connectivity index (χ0) is 24.9. The minimum absolute atomic E-state index is 0.0475. The van der Waals surface area contributed by atoms with Crippen LogP contribution in [0.3, 0.4) is 0 Å². The predicted molar refractivity (Wildman–Crippen MR) is 127 cm³/mol. The van der Waals surface area contributed by atoms with E-state index in [4.69, 9.17) is 15.2 Å². The number of rotatable bonds is 4. The van der Waals surface area contributed by atoms with Gasteiger partial charge in [0.25, 0.3) is 0 Å². The highest BCUT2D eigenvalue weighted by Gasteiger charge is 2.61. The van der Waals surface area contributed by atoms with Crippen molar-refractivity contribution in [3.63, 3.8) is 0 Å². The molecule has 0 bridgehead atoms. The van der Waals surface area contributed by atoms with E-state index >= 15 is 0 Å². The van der Waals surface area contributed by atoms with E-state index in [1.807, 2.05) is 0 Å². The highest BCUT2D eigenvalue weighted by molar-refractivity contribution is 7.13. The van der Waals surface area contributed by atoms with Crippen molar-refractivity contribution >= 4 is 28.9 Å². The number of carbonyl (C=O) groups is 2. The molecule has 2 N–H and O–H groups in total. The molecule has 9 heteroatoms. The smallest absolute Gasteiger partial charge is 0.343 e. The average Bonchev–Trinajstić information content (AvgIpc) is 3.29. The molecule has 0 fully saturated rings. The summed E-state index contributed by atoms with van der Waals surface area (Å²) in [6, 6.07) is 15.3. The number of para-hydroxylation sites is 1. The molecule has 1 spiro atoms. The molecule has 35 heavy (non-hydrogen) atoms. The van der Waals surface area contributed by atoms with E-state index in [0.717, 1.165) is 0 Å². The fourth-order valence-electron chi connectivity index (χ4n) is 4.77. The minimum atomic E-state index is -1.63. The van der Waals surface area contributed by atoms with E-state index in [1.54, 1.807) is 56.3 Å². The lowest BCUT2D eigenvalue weighted by molar-refractivity contribution is -0.121. The van der Waals surface area contributed by atoms with Crippen LogP contribution >= 0.6 is 11.3 Å². The van der Waals surface area contributed by atoms with Crippen LogP contribution < -0.4 is 15.4 Å². The summed E-state index contributed by atoms with van der Waals surface area (Å²) in [5, 5.41) is 10.2. The van der Waals surface area contributed by atoms with Crippen LogP contribution in [0.2, 0.25) is 0 Å². The number of hydrogen-bond donors (Lipinski definition) is 1. The number of carbonyl (C=O) groups excluding carboxylic acids is 2. The second-order valence-corrected chi connectivity index (χ2v) is 9.34. The van der Waals surface area contributed by atoms with Crippen LogP contribution in [0.1, 0.15) is 38.2 Å². The number of ether oxygens (including phenoxy) is 2. The normalized spacial score (nSPS) is 18.2. The lowest BCUT2D eigenvalue weighted by atomic mass is 9.72. The number of halogens is 1. The summed E-state index contributed by atoms with van der Waals surface area (Å²) < 4.78 is 25.6. The van der Waals surface area contributed by atoms with E-state index in [9.17, 15) is 19.2 Å². The Morgan fingerprint density at radius 3 is 2.69 bits per heavy atom. The van der Waals surface area contributed by atoms with Gasteiger partial charge in [-0.1, -0.05) is 36.4 Å². The Morgan fingerprint density at radius 1 is 1.26 bits per heavy atom. The van der Waals surface area contributed by atoms with Gasteiger partial charge < -0.3 is 20.1 Å². The van der Waals surface area contributed by atoms with Gasteiger partial charge >= 0.3 is 5.97 Å². The first kappa shape index (κ1) is 22.6. The monoisotopic (exact) mass is 489 g/mol. The molecule has 3 aromatic rings. The summed E-state index contributed by atoms with van der Waals surface area (Å²) in [5.74, 6) is -1.67. The molecule has 1 aromatic heterocycles. The van der Waals surface area contributed by atoms with Gasteiger partial charge in [0.05, 0.1) is 18.0 Å². The van der Waals surface area contributed by atoms with Crippen LogP contribution in [-0.4, -0.2) is 18.5 Å². The fourth-order valence-corrected chi connectivity index (χ4v) is 6.05. The van der Waals surface area contributed by atoms with Gasteiger partial charge in [-0.05, 0) is 26.0 Å². The number of nitrogens with two attached hydrogens (primary N) is 1. The van der Waals surface area contributed by atoms with Gasteiger partial charge in [-0.2, -0.15) is 5.26 Å². The highest BCUT2D eigenvalue weighted by Crippen LogP contribution is 2.59. The number of fused-ring (bicyclic) bond motifs is 4. The van der Waals surface area contributed by atoms with Crippen molar-refractivity contribution in [3.05, 3.63) is 92.2 Å². The van der Waals surface area contributed by atoms with Crippen LogP contribution in [0.4, 0.5) is 10.1 Å². The first-order chi connectivity index (χ1) is 16.9. The van der Waals surface area contributed by atoms with E-state index in [-0.39, 0.29) is 35.9 Å². The van der Waals surface area contributed by atoms with Crippen LogP contribution in [0.15, 0.2) is 60.0 Å². The molecule has 2 aliphatic heterocycles. The minimum Gasteiger partial charge on any atom is -0.462 e. The van der Waals surface area contributed by atoms with Gasteiger partial charge in [-0.25, -0.2) is 9.18 Å². The van der Waals surface area contributed by atoms with Crippen molar-refractivity contribution in [3.8, 4) is 11.8 Å². The summed E-state index contributed by atoms with van der Waals surface area (Å²) in [7, 11) is 0. The number of hydrogen-bond acceptors (Lipinski definition) is 7. The first-order valence-corrected chi connectivity index (χ1v) is 11.7. The largest absolute Gasteiger partial charge is 0.462 e. The van der Waals surface area contributed by atoms with Gasteiger partial charge in [0, 0.05) is 21.7 Å². The Kier molecular flexibility index (Phi) is 5.33. The van der Waals surface area contributed by atoms with Crippen molar-refractivity contribution in [1.29, 1.82) is 5.26 Å². The second kappa shape index (κ2) is 8.25. The molecule has 0 saturated carbocycles. The quantitative estimate of drug-likeness (QED) is 0.548. The predicted octanol–water partition coefficient (Wildman–Crippen LogP) is 4.29. The first-order valence-electron chi connectivity index (χ1n) is 10.9. The van der Waals surface area contributed by atoms with E-state index < -0.39 is 23.1 Å². The van der Waals surface area contributed by atoms with Gasteiger partial charge in [0.15, 0.2) is 11.2 Å². The molecule has 0 aliphatic carbocycles. The molecular weight excluding hydrogens is 469 g/mol. The second-order valence-electron chi connectivity index (χ2n) is 8.11. The third-order valence-electron chi connectivity index (χ3n) is 6.26. The highest BCUT2D eigenvalue weighted by atomic mass is 32.1. The number of amides is 1. The molecule has 7 nitrogen and oxygen atoms in total. The van der Waals surface area contributed by atoms with Crippen molar-refractivity contribution in [2.45, 2.75) is 25.8 Å². The average molecular weight is 490 g/mol. The molecule has 1 amide bonds. The van der Waals surface area contributed by atoms with Gasteiger partial charge in [-0.3, -0.25) is 4.79 Å². The number of nitriles is 1. The van der Waals surface area contributed by atoms with Crippen LogP contribution in [0.25, 0.3) is 0 Å². The Balaban J connectivity index is 1.79. The third-order valence-corrected chi connectivity index (χ3v) is 7.46. The third kappa shape index (κ3) is 3.07. The van der Waals surface area contributed by atoms with Crippen molar-refractivity contribution in [1.82, 2.24) is 0 Å². The fraction of sp³-hybridized carbons (Fsp3) is 0.192. The Labute approximate surface area is 204 Å². The topological polar surface area (TPSA) is 106 Å². The number of esters is 1. The molecular formula is C26H20FN3O4S. The lowest BCUT2D eigenvalue weighted by Gasteiger charge is -2.32. The Hall–Kier alpha value is -4.16. The number of anilines is 1. The van der Waals surface area contributed by atoms with Crippen molar-refractivity contribution in [2.75, 3.05) is 11.5 Å². The Morgan fingerprint density at radius 2 is 1.97 bits per heavy atom. The number of benzene rings is 2. The van der Waals surface area contributed by atoms with Crippen LogP contribution in [-0.2, 0) is 21.5 Å². The van der Waals surface area contributed by atoms with Crippen LogP contribution in [0, 0.1) is 24.1 Å². The maximum atomic E-state index is 14.6. The van der Waals surface area contributed by atoms with Gasteiger partial charge in [-0.15, -0.1) is 11.3 Å². The lowest BCUT2D eigenvalue weighted by Crippen LogP contribution is -2.45. The maximum absolute atomic E-state index is 14.6. The molecule has 1 atom stereocenters. The van der Waals surface area contributed by atoms with Gasteiger partial charge in [0.2, 0.25) is 11.8 Å². The maximum Gasteiger partial charge on any atom is 0.343 e. The summed E-state index contributed by atoms with van der Waals surface area (Å²) in [6.07, 6.45) is 0. The summed E-state index contributed by atoms with van der Waals surface area (Å²) in [4.78, 5) is 29.5. The van der Waals surface area contributed by atoms with Crippen molar-refractivity contribution < 1.29 is 23.5 Å². The summed E-state index contributed by atoms with van der Waals surface area (Å²) >= 11 is 1.18. The number of thiophene rings is 1. The molecule has 176 valence electrons. The SMILES string of the molecule is CCOC(=O)c1c(C)sc2c1OC(N)=C(C#N)[C@]21C(=O)N(Cc2ccccc2F)c2ccccc21. The number of aryl methyl sites for hydroxylation is 1. The van der Waals surface area contributed by atoms with Crippen molar-refractivity contribution in [2.24, 2.45) is 5.73 Å². The molecule has 3 heterocycles. The van der Waals surface area contributed by atoms with E-state index in [0.29, 0.717) is 26.6 Å². The molecule has 0 radical (unpaired) electrons. The standard InChI is InChI=1S/C26H20FN3O4S/c1-3-33-24(31)20-14(2)35-22-21(20)34-23(29)17(12-28)26(22)16-9-5-7-11-19(16)30(25(26)32)13-15-8-4-6-10-18(15)27/h4-11H,3,13,29H2,1-2H3/t26-/m0/s1. The summed E-state index contributed by atoms with van der Waals surface area (Å²) in [6.45, 7) is 3.51. The van der Waals surface area contributed by atoms with E-state index in [1.165, 1.54) is 22.3 Å². The molecule has 2 aromatic carbocycles. The summed E-state index contributed by atoms with van der Waals surface area (Å²) in [5.41, 5.74) is 6.04. The zero-order valence-corrected chi connectivity index (χ0v) is 19.7. The van der Waals surface area contributed by atoms with Gasteiger partial charge in [0.1, 0.15) is 23.0 Å². The van der Waals surface area contributed by atoms with Crippen LogP contribution in [0.5, 0.6) is 5.75 Å². The molecule has 0 saturated heterocycles. The number of nitrogens with zero attached hydrogens (tertiary/aromatic N) is 2.